The molecule has 0 bridgehead atoms. The first-order chi connectivity index (χ1) is 12.7. The summed E-state index contributed by atoms with van der Waals surface area (Å²) in [5.74, 6) is 0.587. The van der Waals surface area contributed by atoms with E-state index in [0.717, 1.165) is 43.5 Å². The van der Waals surface area contributed by atoms with Crippen LogP contribution >= 0.6 is 11.3 Å². The number of hydrogen-bond acceptors (Lipinski definition) is 4. The lowest BCUT2D eigenvalue weighted by Gasteiger charge is -2.32. The molecule has 0 unspecified atom stereocenters. The maximum absolute atomic E-state index is 14.0. The van der Waals surface area contributed by atoms with Crippen molar-refractivity contribution < 1.29 is 8.78 Å². The van der Waals surface area contributed by atoms with Crippen LogP contribution in [0, 0.1) is 11.6 Å². The van der Waals surface area contributed by atoms with Gasteiger partial charge in [-0.25, -0.2) is 18.7 Å². The molecule has 136 valence electrons. The molecule has 3 aromatic rings. The summed E-state index contributed by atoms with van der Waals surface area (Å²) >= 11 is 1.59. The second kappa shape index (κ2) is 7.63. The number of likely N-dealkylation sites (tertiary alicyclic amines) is 1. The Morgan fingerprint density at radius 3 is 2.96 bits per heavy atom. The number of benzene rings is 1. The summed E-state index contributed by atoms with van der Waals surface area (Å²) in [6, 6.07) is 3.65. The Bertz CT molecular complexity index is 862. The highest BCUT2D eigenvalue weighted by Gasteiger charge is 2.25. The third-order valence-electron chi connectivity index (χ3n) is 4.84. The first kappa shape index (κ1) is 17.3. The molecule has 2 aromatic heterocycles. The topological polar surface area (TPSA) is 34.0 Å². The van der Waals surface area contributed by atoms with E-state index in [2.05, 4.69) is 19.4 Å². The van der Waals surface area contributed by atoms with Crippen molar-refractivity contribution in [3.63, 3.8) is 0 Å². The van der Waals surface area contributed by atoms with E-state index < -0.39 is 5.82 Å². The highest BCUT2D eigenvalue weighted by atomic mass is 32.1. The Morgan fingerprint density at radius 2 is 2.12 bits per heavy atom. The quantitative estimate of drug-likeness (QED) is 0.676. The van der Waals surface area contributed by atoms with E-state index in [4.69, 9.17) is 0 Å². The summed E-state index contributed by atoms with van der Waals surface area (Å²) in [6.45, 7) is 2.82. The van der Waals surface area contributed by atoms with Crippen LogP contribution in [0.15, 0.2) is 41.5 Å². The molecule has 4 nitrogen and oxygen atoms in total. The van der Waals surface area contributed by atoms with E-state index in [-0.39, 0.29) is 11.7 Å². The summed E-state index contributed by atoms with van der Waals surface area (Å²) in [5, 5.41) is 2.05. The van der Waals surface area contributed by atoms with Crippen LogP contribution in [0.5, 0.6) is 0 Å². The van der Waals surface area contributed by atoms with Crippen molar-refractivity contribution in [3.05, 3.63) is 70.2 Å². The molecule has 26 heavy (non-hydrogen) atoms. The van der Waals surface area contributed by atoms with Crippen molar-refractivity contribution >= 4 is 11.3 Å². The number of piperidine rings is 1. The maximum Gasteiger partial charge on any atom is 0.127 e. The summed E-state index contributed by atoms with van der Waals surface area (Å²) in [4.78, 5) is 11.1. The van der Waals surface area contributed by atoms with Crippen molar-refractivity contribution in [1.29, 1.82) is 0 Å². The number of thiazole rings is 1. The van der Waals surface area contributed by atoms with E-state index in [1.807, 2.05) is 23.3 Å². The predicted octanol–water partition coefficient (Wildman–Crippen LogP) is 4.05. The normalized spacial score (nSPS) is 18.3. The zero-order chi connectivity index (χ0) is 17.9. The summed E-state index contributed by atoms with van der Waals surface area (Å²) < 4.78 is 29.5. The van der Waals surface area contributed by atoms with Crippen LogP contribution in [0.25, 0.3) is 0 Å². The molecule has 0 spiro atoms. The van der Waals surface area contributed by atoms with Crippen LogP contribution in [-0.4, -0.2) is 32.5 Å². The molecule has 0 aliphatic carbocycles. The van der Waals surface area contributed by atoms with Crippen LogP contribution in [-0.2, 0) is 13.1 Å². The van der Waals surface area contributed by atoms with Gasteiger partial charge in [0.25, 0.3) is 0 Å². The average molecular weight is 374 g/mol. The molecule has 3 heterocycles. The van der Waals surface area contributed by atoms with Gasteiger partial charge in [-0.15, -0.1) is 11.3 Å². The molecule has 0 radical (unpaired) electrons. The van der Waals surface area contributed by atoms with Gasteiger partial charge in [0, 0.05) is 42.3 Å². The number of imidazole rings is 1. The first-order valence-corrected chi connectivity index (χ1v) is 9.67. The van der Waals surface area contributed by atoms with Gasteiger partial charge in [0.1, 0.15) is 17.5 Å². The molecule has 4 rings (SSSR count). The summed E-state index contributed by atoms with van der Waals surface area (Å²) in [6.07, 6.45) is 5.88. The minimum atomic E-state index is -0.395. The van der Waals surface area contributed by atoms with Gasteiger partial charge >= 0.3 is 0 Å². The van der Waals surface area contributed by atoms with Crippen LogP contribution in [0.1, 0.15) is 35.8 Å². The molecule has 1 aromatic carbocycles. The number of aromatic nitrogens is 3. The van der Waals surface area contributed by atoms with Gasteiger partial charge in [-0.05, 0) is 37.6 Å². The standard InChI is InChI=1S/C19H20F2N4S/c20-16-3-4-18(21)15(8-16)10-24-6-1-2-14(9-24)19-22-5-7-25(19)11-17-12-26-13-23-17/h3-5,7-8,12-14H,1-2,6,9-11H2/t14-/m0/s1. The van der Waals surface area contributed by atoms with Gasteiger partial charge in [-0.3, -0.25) is 4.90 Å². The van der Waals surface area contributed by atoms with E-state index in [1.54, 1.807) is 11.3 Å². The van der Waals surface area contributed by atoms with Crippen molar-refractivity contribution in [2.24, 2.45) is 0 Å². The van der Waals surface area contributed by atoms with E-state index in [0.29, 0.717) is 18.7 Å². The van der Waals surface area contributed by atoms with Crippen LogP contribution < -0.4 is 0 Å². The summed E-state index contributed by atoms with van der Waals surface area (Å²) in [5.41, 5.74) is 3.28. The Hall–Kier alpha value is -2.12. The maximum atomic E-state index is 14.0. The van der Waals surface area contributed by atoms with Gasteiger partial charge < -0.3 is 4.57 Å². The van der Waals surface area contributed by atoms with Gasteiger partial charge in [-0.2, -0.15) is 0 Å². The Labute approximate surface area is 155 Å². The molecule has 1 atom stereocenters. The molecule has 7 heteroatoms. The molecular formula is C19H20F2N4S. The molecule has 1 saturated heterocycles. The fourth-order valence-corrected chi connectivity index (χ4v) is 4.17. The molecule has 0 saturated carbocycles. The third kappa shape index (κ3) is 3.83. The first-order valence-electron chi connectivity index (χ1n) is 8.73. The predicted molar refractivity (Wildman–Crippen MR) is 97.1 cm³/mol. The molecule has 1 fully saturated rings. The third-order valence-corrected chi connectivity index (χ3v) is 5.47. The van der Waals surface area contributed by atoms with Crippen LogP contribution in [0.2, 0.25) is 0 Å². The minimum absolute atomic E-state index is 0.286. The monoisotopic (exact) mass is 374 g/mol. The smallest absolute Gasteiger partial charge is 0.127 e. The average Bonchev–Trinajstić information content (AvgIpc) is 3.31. The zero-order valence-corrected chi connectivity index (χ0v) is 15.1. The zero-order valence-electron chi connectivity index (χ0n) is 14.3. The van der Waals surface area contributed by atoms with E-state index in [9.17, 15) is 8.78 Å². The number of nitrogens with zero attached hydrogens (tertiary/aromatic N) is 4. The Balaban J connectivity index is 1.47. The fraction of sp³-hybridized carbons (Fsp3) is 0.368. The minimum Gasteiger partial charge on any atom is -0.329 e. The lowest BCUT2D eigenvalue weighted by Crippen LogP contribution is -2.35. The molecule has 1 aliphatic rings. The lowest BCUT2D eigenvalue weighted by atomic mass is 9.96. The SMILES string of the molecule is Fc1ccc(F)c(CN2CCC[C@H](c3nccn3Cc3cscn3)C2)c1. The van der Waals surface area contributed by atoms with Crippen LogP contribution in [0.3, 0.4) is 0 Å². The Kier molecular flexibility index (Phi) is 5.08. The van der Waals surface area contributed by atoms with Crippen molar-refractivity contribution in [3.8, 4) is 0 Å². The fourth-order valence-electron chi connectivity index (χ4n) is 3.62. The number of halogens is 2. The van der Waals surface area contributed by atoms with Gasteiger partial charge in [0.05, 0.1) is 17.7 Å². The van der Waals surface area contributed by atoms with Crippen molar-refractivity contribution in [2.45, 2.75) is 31.8 Å². The highest BCUT2D eigenvalue weighted by Crippen LogP contribution is 2.27. The van der Waals surface area contributed by atoms with Gasteiger partial charge in [0.15, 0.2) is 0 Å². The van der Waals surface area contributed by atoms with Gasteiger partial charge in [0.2, 0.25) is 0 Å². The highest BCUT2D eigenvalue weighted by molar-refractivity contribution is 7.07. The number of hydrogen-bond donors (Lipinski definition) is 0. The number of rotatable bonds is 5. The lowest BCUT2D eigenvalue weighted by molar-refractivity contribution is 0.192. The van der Waals surface area contributed by atoms with E-state index in [1.165, 1.54) is 12.1 Å². The largest absolute Gasteiger partial charge is 0.329 e. The molecule has 0 N–H and O–H groups in total. The van der Waals surface area contributed by atoms with Crippen LogP contribution in [0.4, 0.5) is 8.78 Å². The molecule has 1 aliphatic heterocycles. The second-order valence-corrected chi connectivity index (χ2v) is 7.42. The summed E-state index contributed by atoms with van der Waals surface area (Å²) in [7, 11) is 0. The molecular weight excluding hydrogens is 354 g/mol. The Morgan fingerprint density at radius 1 is 1.19 bits per heavy atom. The van der Waals surface area contributed by atoms with E-state index >= 15 is 0 Å². The second-order valence-electron chi connectivity index (χ2n) is 6.70. The van der Waals surface area contributed by atoms with Crippen molar-refractivity contribution in [2.75, 3.05) is 13.1 Å². The van der Waals surface area contributed by atoms with Crippen molar-refractivity contribution in [1.82, 2.24) is 19.4 Å². The van der Waals surface area contributed by atoms with Gasteiger partial charge in [-0.1, -0.05) is 0 Å². The molecule has 0 amide bonds.